The molecule has 202 valence electrons. The van der Waals surface area contributed by atoms with Gasteiger partial charge in [0, 0.05) is 24.0 Å². The van der Waals surface area contributed by atoms with Gasteiger partial charge in [-0.1, -0.05) is 64.5 Å². The third-order valence-electron chi connectivity index (χ3n) is 6.32. The first-order valence-electron chi connectivity index (χ1n) is 12.4. The number of amides is 2. The zero-order valence-electron chi connectivity index (χ0n) is 22.1. The van der Waals surface area contributed by atoms with E-state index in [-0.39, 0.29) is 18.9 Å². The van der Waals surface area contributed by atoms with E-state index in [0.29, 0.717) is 12.2 Å². The molecule has 0 heterocycles. The molecule has 9 heteroatoms. The van der Waals surface area contributed by atoms with E-state index in [1.807, 2.05) is 81.4 Å². The summed E-state index contributed by atoms with van der Waals surface area (Å²) in [6, 6.07) is 21.4. The highest BCUT2D eigenvalue weighted by Crippen LogP contribution is 2.23. The van der Waals surface area contributed by atoms with Gasteiger partial charge in [0.25, 0.3) is 0 Å². The molecule has 0 aliphatic rings. The summed E-state index contributed by atoms with van der Waals surface area (Å²) in [6.45, 7) is 5.77. The molecule has 0 spiro atoms. The van der Waals surface area contributed by atoms with Gasteiger partial charge in [-0.05, 0) is 67.3 Å². The second-order valence-corrected chi connectivity index (χ2v) is 12.1. The zero-order chi connectivity index (χ0) is 27.9. The minimum atomic E-state index is -3.79. The van der Waals surface area contributed by atoms with E-state index in [1.165, 1.54) is 4.90 Å². The van der Waals surface area contributed by atoms with Crippen molar-refractivity contribution in [1.29, 1.82) is 0 Å². The summed E-state index contributed by atoms with van der Waals surface area (Å²) in [5.74, 6) is -0.766. The van der Waals surface area contributed by atoms with Crippen LogP contribution in [0.1, 0.15) is 29.2 Å². The zero-order valence-corrected chi connectivity index (χ0v) is 24.6. The van der Waals surface area contributed by atoms with Crippen molar-refractivity contribution in [3.8, 4) is 0 Å². The molecule has 3 aromatic carbocycles. The molecule has 2 amide bonds. The lowest BCUT2D eigenvalue weighted by atomic mass is 10.0. The average Bonchev–Trinajstić information content (AvgIpc) is 2.86. The molecule has 0 saturated heterocycles. The van der Waals surface area contributed by atoms with Crippen LogP contribution in [0.5, 0.6) is 0 Å². The Kier molecular flexibility index (Phi) is 10.1. The van der Waals surface area contributed by atoms with Gasteiger partial charge in [0.15, 0.2) is 0 Å². The maximum atomic E-state index is 14.0. The number of likely N-dealkylation sites (N-methyl/N-ethyl adjacent to an activating group) is 1. The van der Waals surface area contributed by atoms with E-state index in [1.54, 1.807) is 12.1 Å². The van der Waals surface area contributed by atoms with Crippen LogP contribution in [0.15, 0.2) is 77.3 Å². The van der Waals surface area contributed by atoms with Crippen molar-refractivity contribution in [1.82, 2.24) is 10.2 Å². The normalized spacial score (nSPS) is 12.0. The SMILES string of the molecule is CCNC(=O)C(Cc1ccccc1)N(Cc1cccc(Br)c1)C(=O)CN(c1ccc(C)c(C)c1)S(C)(=O)=O. The van der Waals surface area contributed by atoms with Gasteiger partial charge >= 0.3 is 0 Å². The van der Waals surface area contributed by atoms with E-state index in [4.69, 9.17) is 0 Å². The third-order valence-corrected chi connectivity index (χ3v) is 7.96. The van der Waals surface area contributed by atoms with Crippen molar-refractivity contribution in [2.75, 3.05) is 23.7 Å². The Balaban J connectivity index is 2.05. The Morgan fingerprint density at radius 3 is 2.21 bits per heavy atom. The van der Waals surface area contributed by atoms with Crippen LogP contribution in [0, 0.1) is 13.8 Å². The van der Waals surface area contributed by atoms with Crippen LogP contribution in [0.25, 0.3) is 0 Å². The number of carbonyl (C=O) groups excluding carboxylic acids is 2. The molecule has 7 nitrogen and oxygen atoms in total. The Hall–Kier alpha value is -3.17. The van der Waals surface area contributed by atoms with Gasteiger partial charge < -0.3 is 10.2 Å². The standard InChI is InChI=1S/C29H34BrN3O4S/c1-5-31-29(35)27(18-23-10-7-6-8-11-23)32(19-24-12-9-13-25(30)17-24)28(34)20-33(38(4,36)37)26-15-14-21(2)22(3)16-26/h6-17,27H,5,18-20H2,1-4H3,(H,31,35). The average molecular weight is 601 g/mol. The number of rotatable bonds is 11. The number of anilines is 1. The van der Waals surface area contributed by atoms with Crippen molar-refractivity contribution in [2.24, 2.45) is 0 Å². The molecule has 1 unspecified atom stereocenters. The topological polar surface area (TPSA) is 86.8 Å². The Morgan fingerprint density at radius 1 is 0.921 bits per heavy atom. The van der Waals surface area contributed by atoms with Crippen LogP contribution in [0.4, 0.5) is 5.69 Å². The van der Waals surface area contributed by atoms with E-state index >= 15 is 0 Å². The van der Waals surface area contributed by atoms with Gasteiger partial charge in [-0.2, -0.15) is 0 Å². The van der Waals surface area contributed by atoms with Crippen LogP contribution >= 0.6 is 15.9 Å². The highest BCUT2D eigenvalue weighted by Gasteiger charge is 2.33. The number of benzene rings is 3. The lowest BCUT2D eigenvalue weighted by Crippen LogP contribution is -2.53. The van der Waals surface area contributed by atoms with Crippen molar-refractivity contribution in [2.45, 2.75) is 39.8 Å². The van der Waals surface area contributed by atoms with E-state index < -0.39 is 28.5 Å². The number of sulfonamides is 1. The van der Waals surface area contributed by atoms with Gasteiger partial charge in [0.2, 0.25) is 21.8 Å². The van der Waals surface area contributed by atoms with E-state index in [2.05, 4.69) is 21.2 Å². The number of carbonyl (C=O) groups is 2. The molecule has 3 rings (SSSR count). The fraction of sp³-hybridized carbons (Fsp3) is 0.310. The lowest BCUT2D eigenvalue weighted by Gasteiger charge is -2.33. The van der Waals surface area contributed by atoms with Gasteiger partial charge in [-0.3, -0.25) is 13.9 Å². The van der Waals surface area contributed by atoms with Crippen LogP contribution in [0.2, 0.25) is 0 Å². The minimum Gasteiger partial charge on any atom is -0.355 e. The van der Waals surface area contributed by atoms with E-state index in [0.717, 1.165) is 37.3 Å². The molecule has 0 aromatic heterocycles. The van der Waals surface area contributed by atoms with Crippen molar-refractivity contribution in [3.05, 3.63) is 99.5 Å². The smallest absolute Gasteiger partial charge is 0.244 e. The molecular weight excluding hydrogens is 566 g/mol. The fourth-order valence-electron chi connectivity index (χ4n) is 4.17. The third kappa shape index (κ3) is 7.91. The number of nitrogens with zero attached hydrogens (tertiary/aromatic N) is 2. The molecule has 0 radical (unpaired) electrons. The largest absolute Gasteiger partial charge is 0.355 e. The highest BCUT2D eigenvalue weighted by molar-refractivity contribution is 9.10. The highest BCUT2D eigenvalue weighted by atomic mass is 79.9. The quantitative estimate of drug-likeness (QED) is 0.349. The molecule has 0 fully saturated rings. The van der Waals surface area contributed by atoms with Crippen LogP contribution < -0.4 is 9.62 Å². The second kappa shape index (κ2) is 13.1. The molecule has 0 aliphatic carbocycles. The molecule has 38 heavy (non-hydrogen) atoms. The molecule has 1 atom stereocenters. The lowest BCUT2D eigenvalue weighted by molar-refractivity contribution is -0.140. The first kappa shape index (κ1) is 29.4. The number of nitrogens with one attached hydrogen (secondary N) is 1. The maximum absolute atomic E-state index is 14.0. The van der Waals surface area contributed by atoms with Crippen molar-refractivity contribution < 1.29 is 18.0 Å². The summed E-state index contributed by atoms with van der Waals surface area (Å²) in [5, 5.41) is 2.85. The van der Waals surface area contributed by atoms with Gasteiger partial charge in [0.05, 0.1) is 11.9 Å². The monoisotopic (exact) mass is 599 g/mol. The molecular formula is C29H34BrN3O4S. The first-order chi connectivity index (χ1) is 18.0. The Morgan fingerprint density at radius 2 is 1.61 bits per heavy atom. The van der Waals surface area contributed by atoms with Gasteiger partial charge in [-0.15, -0.1) is 0 Å². The van der Waals surface area contributed by atoms with Crippen molar-refractivity contribution >= 4 is 43.5 Å². The number of halogens is 1. The fourth-order valence-corrected chi connectivity index (χ4v) is 5.46. The predicted molar refractivity (Wildman–Crippen MR) is 155 cm³/mol. The minimum absolute atomic E-state index is 0.136. The maximum Gasteiger partial charge on any atom is 0.244 e. The second-order valence-electron chi connectivity index (χ2n) is 9.29. The van der Waals surface area contributed by atoms with E-state index in [9.17, 15) is 18.0 Å². The summed E-state index contributed by atoms with van der Waals surface area (Å²) in [7, 11) is -3.79. The van der Waals surface area contributed by atoms with Crippen LogP contribution in [0.3, 0.4) is 0 Å². The summed E-state index contributed by atoms with van der Waals surface area (Å²) in [6.07, 6.45) is 1.37. The molecule has 3 aromatic rings. The summed E-state index contributed by atoms with van der Waals surface area (Å²) < 4.78 is 27.7. The molecule has 1 N–H and O–H groups in total. The summed E-state index contributed by atoms with van der Waals surface area (Å²) >= 11 is 3.47. The summed E-state index contributed by atoms with van der Waals surface area (Å²) in [5.41, 5.74) is 4.05. The Labute approximate surface area is 234 Å². The molecule has 0 aliphatic heterocycles. The van der Waals surface area contributed by atoms with Gasteiger partial charge in [-0.25, -0.2) is 8.42 Å². The predicted octanol–water partition coefficient (Wildman–Crippen LogP) is 4.61. The first-order valence-corrected chi connectivity index (χ1v) is 15.0. The van der Waals surface area contributed by atoms with Crippen LogP contribution in [-0.4, -0.2) is 50.5 Å². The molecule has 0 bridgehead atoms. The Bertz CT molecular complexity index is 1380. The number of aryl methyl sites for hydroxylation is 2. The molecule has 0 saturated carbocycles. The van der Waals surface area contributed by atoms with Gasteiger partial charge in [0.1, 0.15) is 12.6 Å². The number of hydrogen-bond donors (Lipinski definition) is 1. The van der Waals surface area contributed by atoms with Crippen molar-refractivity contribution in [3.63, 3.8) is 0 Å². The van der Waals surface area contributed by atoms with Crippen LogP contribution in [-0.2, 0) is 32.6 Å². The number of hydrogen-bond acceptors (Lipinski definition) is 4. The summed E-state index contributed by atoms with van der Waals surface area (Å²) in [4.78, 5) is 28.8.